The van der Waals surface area contributed by atoms with Crippen LogP contribution in [0.1, 0.15) is 12.8 Å². The van der Waals surface area contributed by atoms with Crippen LogP contribution in [0.3, 0.4) is 0 Å². The Kier molecular flexibility index (Phi) is 5.29. The number of amides is 2. The van der Waals surface area contributed by atoms with Crippen LogP contribution >= 0.6 is 0 Å². The quantitative estimate of drug-likeness (QED) is 0.782. The van der Waals surface area contributed by atoms with E-state index in [0.29, 0.717) is 25.9 Å². The van der Waals surface area contributed by atoms with Gasteiger partial charge in [-0.05, 0) is 51.2 Å². The van der Waals surface area contributed by atoms with Gasteiger partial charge in [-0.1, -0.05) is 0 Å². The van der Waals surface area contributed by atoms with Crippen molar-refractivity contribution < 1.29 is 9.59 Å². The first-order valence-electron chi connectivity index (χ1n) is 10.3. The maximum atomic E-state index is 12.9. The van der Waals surface area contributed by atoms with Crippen molar-refractivity contribution in [2.24, 2.45) is 5.41 Å². The molecule has 2 saturated heterocycles. The smallest absolute Gasteiger partial charge is 0.240 e. The molecule has 1 aromatic rings. The molecule has 0 radical (unpaired) electrons. The Balaban J connectivity index is 1.36. The Labute approximate surface area is 167 Å². The molecule has 2 amide bonds. The van der Waals surface area contributed by atoms with Gasteiger partial charge in [0, 0.05) is 63.7 Å². The summed E-state index contributed by atoms with van der Waals surface area (Å²) in [6.45, 7) is 7.34. The van der Waals surface area contributed by atoms with Crippen molar-refractivity contribution in [3.8, 4) is 0 Å². The molecule has 4 rings (SSSR count). The zero-order chi connectivity index (χ0) is 19.7. The summed E-state index contributed by atoms with van der Waals surface area (Å²) in [6, 6.07) is 8.01. The molecule has 3 aliphatic rings. The van der Waals surface area contributed by atoms with Gasteiger partial charge < -0.3 is 24.9 Å². The first-order chi connectivity index (χ1) is 13.5. The van der Waals surface area contributed by atoms with Crippen molar-refractivity contribution >= 4 is 23.2 Å². The molecule has 0 spiro atoms. The molecule has 0 bridgehead atoms. The largest absolute Gasteiger partial charge is 0.369 e. The number of carbonyl (C=O) groups is 2. The number of hydrogen-bond acceptors (Lipinski definition) is 5. The third-order valence-corrected chi connectivity index (χ3v) is 6.38. The number of anilines is 2. The monoisotopic (exact) mass is 385 g/mol. The van der Waals surface area contributed by atoms with Gasteiger partial charge in [0.2, 0.25) is 11.8 Å². The number of benzene rings is 1. The van der Waals surface area contributed by atoms with Crippen LogP contribution in [-0.4, -0.2) is 93.0 Å². The predicted molar refractivity (Wildman–Crippen MR) is 111 cm³/mol. The Bertz CT molecular complexity index is 715. The van der Waals surface area contributed by atoms with Crippen molar-refractivity contribution in [3.05, 3.63) is 24.3 Å². The minimum Gasteiger partial charge on any atom is -0.369 e. The molecule has 152 valence electrons. The van der Waals surface area contributed by atoms with Crippen LogP contribution in [0.25, 0.3) is 0 Å². The fraction of sp³-hybridized carbons (Fsp3) is 0.619. The van der Waals surface area contributed by atoms with E-state index in [0.717, 1.165) is 45.0 Å². The highest BCUT2D eigenvalue weighted by atomic mass is 16.2. The first kappa shape index (κ1) is 19.2. The van der Waals surface area contributed by atoms with E-state index in [9.17, 15) is 9.59 Å². The number of nitrogens with zero attached hydrogens (tertiary/aromatic N) is 4. The first-order valence-corrected chi connectivity index (χ1v) is 10.3. The van der Waals surface area contributed by atoms with Crippen LogP contribution in [0.4, 0.5) is 11.4 Å². The highest BCUT2D eigenvalue weighted by molar-refractivity contribution is 6.13. The third-order valence-electron chi connectivity index (χ3n) is 6.38. The third kappa shape index (κ3) is 3.86. The normalized spacial score (nSPS) is 22.8. The van der Waals surface area contributed by atoms with E-state index in [1.807, 2.05) is 17.0 Å². The molecule has 1 aromatic carbocycles. The van der Waals surface area contributed by atoms with Crippen molar-refractivity contribution in [1.82, 2.24) is 14.7 Å². The molecule has 2 heterocycles. The SMILES string of the molecule is CN1CCN(C(=O)C2(C(=O)Nc3ccc(N4CCN(C)CC4)cc3)CC2)CC1. The van der Waals surface area contributed by atoms with Gasteiger partial charge in [0.1, 0.15) is 5.41 Å². The maximum Gasteiger partial charge on any atom is 0.240 e. The maximum absolute atomic E-state index is 12.9. The van der Waals surface area contributed by atoms with Crippen LogP contribution in [0.2, 0.25) is 0 Å². The molecular formula is C21H31N5O2. The highest BCUT2D eigenvalue weighted by Gasteiger charge is 2.58. The summed E-state index contributed by atoms with van der Waals surface area (Å²) in [5.74, 6) is -0.143. The van der Waals surface area contributed by atoms with E-state index >= 15 is 0 Å². The van der Waals surface area contributed by atoms with E-state index in [1.54, 1.807) is 0 Å². The van der Waals surface area contributed by atoms with Crippen LogP contribution in [0.15, 0.2) is 24.3 Å². The molecule has 0 unspecified atom stereocenters. The van der Waals surface area contributed by atoms with E-state index < -0.39 is 5.41 Å². The zero-order valence-electron chi connectivity index (χ0n) is 17.0. The molecule has 0 aromatic heterocycles. The standard InChI is InChI=1S/C21H31N5O2/c1-23-9-13-25(14-10-23)18-5-3-17(4-6-18)22-19(27)21(7-8-21)20(28)26-15-11-24(2)12-16-26/h3-6H,7-16H2,1-2H3,(H,22,27). The highest BCUT2D eigenvalue weighted by Crippen LogP contribution is 2.48. The molecule has 28 heavy (non-hydrogen) atoms. The van der Waals surface area contributed by atoms with Crippen molar-refractivity contribution in [2.75, 3.05) is 76.7 Å². The molecule has 2 aliphatic heterocycles. The molecule has 7 heteroatoms. The average molecular weight is 386 g/mol. The van der Waals surface area contributed by atoms with Crippen LogP contribution in [0.5, 0.6) is 0 Å². The lowest BCUT2D eigenvalue weighted by Gasteiger charge is -2.34. The second kappa shape index (κ2) is 7.72. The average Bonchev–Trinajstić information content (AvgIpc) is 3.51. The number of likely N-dealkylation sites (N-methyl/N-ethyl adjacent to an activating group) is 2. The number of hydrogen-bond donors (Lipinski definition) is 1. The van der Waals surface area contributed by atoms with Gasteiger partial charge in [0.25, 0.3) is 0 Å². The lowest BCUT2D eigenvalue weighted by molar-refractivity contribution is -0.143. The van der Waals surface area contributed by atoms with E-state index in [1.165, 1.54) is 5.69 Å². The van der Waals surface area contributed by atoms with Gasteiger partial charge in [-0.3, -0.25) is 9.59 Å². The second-order valence-electron chi connectivity index (χ2n) is 8.47. The summed E-state index contributed by atoms with van der Waals surface area (Å²) in [6.07, 6.45) is 1.31. The molecule has 1 N–H and O–H groups in total. The van der Waals surface area contributed by atoms with Gasteiger partial charge in [-0.2, -0.15) is 0 Å². The van der Waals surface area contributed by atoms with Crippen LogP contribution in [0, 0.1) is 5.41 Å². The molecule has 7 nitrogen and oxygen atoms in total. The minimum absolute atomic E-state index is 0.00663. The Morgan fingerprint density at radius 3 is 1.89 bits per heavy atom. The Morgan fingerprint density at radius 2 is 1.36 bits per heavy atom. The molecular weight excluding hydrogens is 354 g/mol. The van der Waals surface area contributed by atoms with Gasteiger partial charge in [-0.15, -0.1) is 0 Å². The fourth-order valence-electron chi connectivity index (χ4n) is 4.05. The van der Waals surface area contributed by atoms with Gasteiger partial charge in [-0.25, -0.2) is 0 Å². The molecule has 1 saturated carbocycles. The molecule has 0 atom stereocenters. The van der Waals surface area contributed by atoms with Crippen molar-refractivity contribution in [1.29, 1.82) is 0 Å². The summed E-state index contributed by atoms with van der Waals surface area (Å²) in [5.41, 5.74) is 1.10. The van der Waals surface area contributed by atoms with Gasteiger partial charge >= 0.3 is 0 Å². The van der Waals surface area contributed by atoms with Crippen LogP contribution in [-0.2, 0) is 9.59 Å². The lowest BCUT2D eigenvalue weighted by atomic mass is 10.0. The van der Waals surface area contributed by atoms with Crippen molar-refractivity contribution in [2.45, 2.75) is 12.8 Å². The Hall–Kier alpha value is -2.12. The topological polar surface area (TPSA) is 59.1 Å². The summed E-state index contributed by atoms with van der Waals surface area (Å²) >= 11 is 0. The number of rotatable bonds is 4. The zero-order valence-corrected chi connectivity index (χ0v) is 17.0. The van der Waals surface area contributed by atoms with Gasteiger partial charge in [0.15, 0.2) is 0 Å². The summed E-state index contributed by atoms with van der Waals surface area (Å²) in [5, 5.41) is 2.99. The number of carbonyl (C=O) groups excluding carboxylic acids is 2. The van der Waals surface area contributed by atoms with Crippen LogP contribution < -0.4 is 10.2 Å². The van der Waals surface area contributed by atoms with Crippen molar-refractivity contribution in [3.63, 3.8) is 0 Å². The second-order valence-corrected chi connectivity index (χ2v) is 8.47. The lowest BCUT2D eigenvalue weighted by Crippen LogP contribution is -2.51. The van der Waals surface area contributed by atoms with E-state index in [2.05, 4.69) is 46.2 Å². The summed E-state index contributed by atoms with van der Waals surface area (Å²) in [7, 11) is 4.21. The van der Waals surface area contributed by atoms with E-state index in [4.69, 9.17) is 0 Å². The predicted octanol–water partition coefficient (Wildman–Crippen LogP) is 0.931. The summed E-state index contributed by atoms with van der Waals surface area (Å²) in [4.78, 5) is 34.6. The van der Waals surface area contributed by atoms with E-state index in [-0.39, 0.29) is 11.8 Å². The molecule has 1 aliphatic carbocycles. The minimum atomic E-state index is -0.841. The fourth-order valence-corrected chi connectivity index (χ4v) is 4.05. The Morgan fingerprint density at radius 1 is 0.821 bits per heavy atom. The number of piperazine rings is 2. The van der Waals surface area contributed by atoms with Gasteiger partial charge in [0.05, 0.1) is 0 Å². The number of nitrogens with one attached hydrogen (secondary N) is 1. The summed E-state index contributed by atoms with van der Waals surface area (Å²) < 4.78 is 0. The molecule has 3 fully saturated rings.